The van der Waals surface area contributed by atoms with Crippen molar-refractivity contribution >= 4 is 5.91 Å². The van der Waals surface area contributed by atoms with Gasteiger partial charge in [-0.1, -0.05) is 29.4 Å². The number of hydrogen-bond acceptors (Lipinski definition) is 3. The van der Waals surface area contributed by atoms with Crippen LogP contribution < -0.4 is 5.32 Å². The third kappa shape index (κ3) is 2.80. The largest absolute Gasteiger partial charge is 0.363 e. The van der Waals surface area contributed by atoms with Crippen LogP contribution in [0.5, 0.6) is 0 Å². The Kier molecular flexibility index (Phi) is 4.17. The van der Waals surface area contributed by atoms with Crippen LogP contribution in [0.3, 0.4) is 0 Å². The zero-order valence-corrected chi connectivity index (χ0v) is 9.87. The van der Waals surface area contributed by atoms with Gasteiger partial charge in [-0.3, -0.25) is 4.79 Å². The Hall–Kier alpha value is -2.04. The van der Waals surface area contributed by atoms with Crippen molar-refractivity contribution in [2.24, 2.45) is 5.11 Å². The smallest absolute Gasteiger partial charge is 0.253 e. The van der Waals surface area contributed by atoms with E-state index in [1.807, 2.05) is 24.3 Å². The van der Waals surface area contributed by atoms with Crippen molar-refractivity contribution < 1.29 is 9.53 Å². The van der Waals surface area contributed by atoms with Crippen LogP contribution in [0.25, 0.3) is 10.4 Å². The van der Waals surface area contributed by atoms with Gasteiger partial charge in [0.15, 0.2) is 6.10 Å². The summed E-state index contributed by atoms with van der Waals surface area (Å²) in [5.41, 5.74) is 10.2. The second-order valence-corrected chi connectivity index (χ2v) is 3.95. The van der Waals surface area contributed by atoms with Gasteiger partial charge in [0.05, 0.1) is 6.61 Å². The van der Waals surface area contributed by atoms with E-state index < -0.39 is 6.10 Å². The molecule has 6 nitrogen and oxygen atoms in total. The molecular weight excluding hydrogens is 232 g/mol. The minimum Gasteiger partial charge on any atom is -0.363 e. The molecule has 94 valence electrons. The number of rotatable bonds is 4. The van der Waals surface area contributed by atoms with Crippen molar-refractivity contribution in [1.29, 1.82) is 0 Å². The summed E-state index contributed by atoms with van der Waals surface area (Å²) in [5, 5.41) is 6.06. The molecule has 2 rings (SSSR count). The van der Waals surface area contributed by atoms with E-state index >= 15 is 0 Å². The molecule has 0 spiro atoms. The Labute approximate surface area is 105 Å². The van der Waals surface area contributed by atoms with Gasteiger partial charge in [-0.15, -0.1) is 0 Å². The van der Waals surface area contributed by atoms with Gasteiger partial charge >= 0.3 is 0 Å². The molecule has 1 aliphatic rings. The summed E-state index contributed by atoms with van der Waals surface area (Å²) >= 11 is 0. The van der Waals surface area contributed by atoms with Crippen LogP contribution >= 0.6 is 0 Å². The highest BCUT2D eigenvalue weighted by atomic mass is 16.5. The first-order chi connectivity index (χ1) is 8.83. The second-order valence-electron chi connectivity index (χ2n) is 3.95. The van der Waals surface area contributed by atoms with E-state index in [2.05, 4.69) is 15.3 Å². The number of azide groups is 1. The fourth-order valence-corrected chi connectivity index (χ4v) is 1.98. The number of benzene rings is 1. The molecule has 0 aliphatic carbocycles. The van der Waals surface area contributed by atoms with Gasteiger partial charge in [0.1, 0.15) is 0 Å². The molecule has 6 heteroatoms. The molecule has 0 fully saturated rings. The first-order valence-electron chi connectivity index (χ1n) is 5.81. The summed E-state index contributed by atoms with van der Waals surface area (Å²) in [6, 6.07) is 7.78. The van der Waals surface area contributed by atoms with Crippen LogP contribution in [0.4, 0.5) is 0 Å². The quantitative estimate of drug-likeness (QED) is 0.379. The number of fused-ring (bicyclic) bond motifs is 1. The van der Waals surface area contributed by atoms with Gasteiger partial charge in [0.25, 0.3) is 5.91 Å². The van der Waals surface area contributed by atoms with Crippen molar-refractivity contribution in [3.63, 3.8) is 0 Å². The molecule has 0 aromatic heterocycles. The van der Waals surface area contributed by atoms with E-state index in [0.717, 1.165) is 17.5 Å². The van der Waals surface area contributed by atoms with Crippen LogP contribution in [0.15, 0.2) is 29.4 Å². The SMILES string of the molecule is [N-]=[N+]=NCCNC(=O)C1OCCc2ccccc21. The number of nitrogens with one attached hydrogen (secondary N) is 1. The number of nitrogens with zero attached hydrogens (tertiary/aromatic N) is 3. The molecule has 18 heavy (non-hydrogen) atoms. The van der Waals surface area contributed by atoms with Crippen molar-refractivity contribution in [3.8, 4) is 0 Å². The van der Waals surface area contributed by atoms with E-state index in [-0.39, 0.29) is 12.5 Å². The molecule has 0 radical (unpaired) electrons. The Bertz CT molecular complexity index is 483. The lowest BCUT2D eigenvalue weighted by Crippen LogP contribution is -2.35. The molecule has 0 bridgehead atoms. The van der Waals surface area contributed by atoms with Crippen molar-refractivity contribution in [2.45, 2.75) is 12.5 Å². The zero-order valence-electron chi connectivity index (χ0n) is 9.87. The molecule has 1 unspecified atom stereocenters. The highest BCUT2D eigenvalue weighted by Crippen LogP contribution is 2.26. The average molecular weight is 246 g/mol. The highest BCUT2D eigenvalue weighted by molar-refractivity contribution is 5.82. The average Bonchev–Trinajstić information content (AvgIpc) is 2.43. The van der Waals surface area contributed by atoms with Gasteiger partial charge in [0, 0.05) is 18.0 Å². The lowest BCUT2D eigenvalue weighted by molar-refractivity contribution is -0.134. The Balaban J connectivity index is 2.01. The molecule has 1 heterocycles. The zero-order chi connectivity index (χ0) is 12.8. The van der Waals surface area contributed by atoms with Crippen molar-refractivity contribution in [2.75, 3.05) is 19.7 Å². The van der Waals surface area contributed by atoms with Gasteiger partial charge in [-0.05, 0) is 23.1 Å². The number of hydrogen-bond donors (Lipinski definition) is 1. The summed E-state index contributed by atoms with van der Waals surface area (Å²) in [5.74, 6) is -0.185. The molecule has 1 atom stereocenters. The van der Waals surface area contributed by atoms with E-state index in [1.165, 1.54) is 0 Å². The van der Waals surface area contributed by atoms with E-state index in [1.54, 1.807) is 0 Å². The standard InChI is InChI=1S/C12H14N4O2/c13-16-15-7-6-14-12(17)11-10-4-2-1-3-9(10)5-8-18-11/h1-4,11H,5-8H2,(H,14,17). The maximum atomic E-state index is 12.0. The number of ether oxygens (including phenoxy) is 1. The number of carbonyl (C=O) groups is 1. The lowest BCUT2D eigenvalue weighted by Gasteiger charge is -2.25. The number of amides is 1. The second kappa shape index (κ2) is 6.05. The predicted molar refractivity (Wildman–Crippen MR) is 65.9 cm³/mol. The first-order valence-corrected chi connectivity index (χ1v) is 5.81. The minimum absolute atomic E-state index is 0.185. The summed E-state index contributed by atoms with van der Waals surface area (Å²) < 4.78 is 5.51. The molecule has 1 aliphatic heterocycles. The number of carbonyl (C=O) groups excluding carboxylic acids is 1. The lowest BCUT2D eigenvalue weighted by atomic mass is 9.97. The molecule has 1 N–H and O–H groups in total. The normalized spacial score (nSPS) is 17.4. The van der Waals surface area contributed by atoms with Gasteiger partial charge in [-0.25, -0.2) is 0 Å². The summed E-state index contributed by atoms with van der Waals surface area (Å²) in [7, 11) is 0. The van der Waals surface area contributed by atoms with Crippen molar-refractivity contribution in [3.05, 3.63) is 45.8 Å². The molecule has 1 aromatic rings. The Morgan fingerprint density at radius 1 is 1.56 bits per heavy atom. The third-order valence-corrected chi connectivity index (χ3v) is 2.81. The molecule has 1 aromatic carbocycles. The van der Waals surface area contributed by atoms with Crippen molar-refractivity contribution in [1.82, 2.24) is 5.32 Å². The summed E-state index contributed by atoms with van der Waals surface area (Å²) in [6.45, 7) is 1.12. The minimum atomic E-state index is -0.555. The topological polar surface area (TPSA) is 87.1 Å². The molecule has 0 saturated carbocycles. The van der Waals surface area contributed by atoms with Crippen LogP contribution in [0, 0.1) is 0 Å². The maximum absolute atomic E-state index is 12.0. The maximum Gasteiger partial charge on any atom is 0.253 e. The van der Waals surface area contributed by atoms with Crippen LogP contribution in [0.1, 0.15) is 17.2 Å². The summed E-state index contributed by atoms with van der Waals surface area (Å²) in [4.78, 5) is 14.6. The van der Waals surface area contributed by atoms with Gasteiger partial charge in [0.2, 0.25) is 0 Å². The highest BCUT2D eigenvalue weighted by Gasteiger charge is 2.26. The molecule has 1 amide bonds. The Morgan fingerprint density at radius 3 is 3.22 bits per heavy atom. The third-order valence-electron chi connectivity index (χ3n) is 2.81. The van der Waals surface area contributed by atoms with E-state index in [4.69, 9.17) is 10.3 Å². The first kappa shape index (κ1) is 12.4. The Morgan fingerprint density at radius 2 is 2.39 bits per heavy atom. The summed E-state index contributed by atoms with van der Waals surface area (Å²) in [6.07, 6.45) is 0.277. The van der Waals surface area contributed by atoms with E-state index in [0.29, 0.717) is 13.2 Å². The predicted octanol–water partition coefficient (Wildman–Crippen LogP) is 1.73. The fourth-order valence-electron chi connectivity index (χ4n) is 1.98. The van der Waals surface area contributed by atoms with Crippen LogP contribution in [-0.4, -0.2) is 25.6 Å². The van der Waals surface area contributed by atoms with Crippen LogP contribution in [-0.2, 0) is 16.0 Å². The monoisotopic (exact) mass is 246 g/mol. The van der Waals surface area contributed by atoms with E-state index in [9.17, 15) is 4.79 Å². The molecule has 0 saturated heterocycles. The van der Waals surface area contributed by atoms with Gasteiger partial charge in [-0.2, -0.15) is 0 Å². The van der Waals surface area contributed by atoms with Gasteiger partial charge < -0.3 is 10.1 Å². The molecular formula is C12H14N4O2. The fraction of sp³-hybridized carbons (Fsp3) is 0.417. The van der Waals surface area contributed by atoms with Crippen LogP contribution in [0.2, 0.25) is 0 Å².